The molecule has 0 amide bonds. The molecule has 0 atom stereocenters. The lowest BCUT2D eigenvalue weighted by atomic mass is 10.0. The summed E-state index contributed by atoms with van der Waals surface area (Å²) in [5, 5.41) is 19.8. The molecule has 0 aliphatic rings. The zero-order chi connectivity index (χ0) is 14.2. The van der Waals surface area contributed by atoms with E-state index in [1.807, 2.05) is 0 Å². The quantitative estimate of drug-likeness (QED) is 0.655. The summed E-state index contributed by atoms with van der Waals surface area (Å²) >= 11 is 0. The Bertz CT molecular complexity index is 656. The van der Waals surface area contributed by atoms with Crippen LogP contribution in [0.3, 0.4) is 0 Å². The van der Waals surface area contributed by atoms with E-state index in [2.05, 4.69) is 4.98 Å². The first kappa shape index (κ1) is 12.8. The number of carbonyl (C=O) groups is 1. The number of nitrogens with zero attached hydrogens (tertiary/aromatic N) is 1. The van der Waals surface area contributed by atoms with Gasteiger partial charge in [-0.2, -0.15) is 0 Å². The van der Waals surface area contributed by atoms with Crippen LogP contribution in [0.15, 0.2) is 24.3 Å². The van der Waals surface area contributed by atoms with Gasteiger partial charge in [0.15, 0.2) is 0 Å². The number of nitrogens with one attached hydrogen (secondary N) is 1. The number of aromatic nitrogens is 1. The van der Waals surface area contributed by atoms with Gasteiger partial charge >= 0.3 is 5.97 Å². The van der Waals surface area contributed by atoms with Gasteiger partial charge in [0.25, 0.3) is 5.69 Å². The Kier molecular flexibility index (Phi) is 3.08. The highest BCUT2D eigenvalue weighted by Gasteiger charge is 2.20. The maximum atomic E-state index is 11.3. The molecule has 0 aliphatic carbocycles. The minimum absolute atomic E-state index is 0.0227. The molecule has 1 heterocycles. The van der Waals surface area contributed by atoms with E-state index in [4.69, 9.17) is 0 Å². The number of aryl methyl sites for hydroxylation is 2. The number of H-pyrrole nitrogens is 1. The van der Waals surface area contributed by atoms with E-state index in [1.165, 1.54) is 12.1 Å². The molecule has 0 radical (unpaired) electrons. The third-order valence-electron chi connectivity index (χ3n) is 2.96. The molecule has 6 nitrogen and oxygen atoms in total. The maximum Gasteiger partial charge on any atom is 0.338 e. The van der Waals surface area contributed by atoms with Gasteiger partial charge in [0, 0.05) is 29.1 Å². The van der Waals surface area contributed by atoms with Gasteiger partial charge in [-0.25, -0.2) is 4.79 Å². The number of hydrogen-bond acceptors (Lipinski definition) is 3. The van der Waals surface area contributed by atoms with E-state index in [0.29, 0.717) is 16.8 Å². The second-order valence-electron chi connectivity index (χ2n) is 4.23. The lowest BCUT2D eigenvalue weighted by molar-refractivity contribution is -0.384. The van der Waals surface area contributed by atoms with Crippen LogP contribution in [0.4, 0.5) is 5.69 Å². The summed E-state index contributed by atoms with van der Waals surface area (Å²) in [6.45, 7) is 3.46. The fourth-order valence-corrected chi connectivity index (χ4v) is 2.16. The number of aromatic amines is 1. The van der Waals surface area contributed by atoms with Crippen LogP contribution in [0.25, 0.3) is 11.1 Å². The highest BCUT2D eigenvalue weighted by atomic mass is 16.6. The fraction of sp³-hybridized carbons (Fsp3) is 0.154. The number of non-ortho nitro benzene ring substituents is 1. The van der Waals surface area contributed by atoms with Crippen LogP contribution < -0.4 is 0 Å². The molecule has 6 heteroatoms. The average molecular weight is 260 g/mol. The van der Waals surface area contributed by atoms with E-state index in [0.717, 1.165) is 5.69 Å². The zero-order valence-electron chi connectivity index (χ0n) is 10.4. The van der Waals surface area contributed by atoms with Gasteiger partial charge in [-0.15, -0.1) is 0 Å². The largest absolute Gasteiger partial charge is 0.478 e. The Morgan fingerprint density at radius 3 is 2.26 bits per heavy atom. The summed E-state index contributed by atoms with van der Waals surface area (Å²) in [5.74, 6) is -1.02. The Morgan fingerprint density at radius 1 is 1.21 bits per heavy atom. The predicted molar refractivity (Wildman–Crippen MR) is 69.3 cm³/mol. The molecule has 19 heavy (non-hydrogen) atoms. The summed E-state index contributed by atoms with van der Waals surface area (Å²) in [5.41, 5.74) is 2.68. The normalized spacial score (nSPS) is 10.4. The van der Waals surface area contributed by atoms with Crippen molar-refractivity contribution < 1.29 is 14.8 Å². The van der Waals surface area contributed by atoms with E-state index in [1.54, 1.807) is 26.0 Å². The van der Waals surface area contributed by atoms with Gasteiger partial charge in [0.05, 0.1) is 10.5 Å². The van der Waals surface area contributed by atoms with Gasteiger partial charge in [-0.3, -0.25) is 10.1 Å². The van der Waals surface area contributed by atoms with Crippen LogP contribution in [0.1, 0.15) is 21.7 Å². The molecule has 98 valence electrons. The summed E-state index contributed by atoms with van der Waals surface area (Å²) in [6, 6.07) is 5.84. The molecule has 0 fully saturated rings. The van der Waals surface area contributed by atoms with Crippen LogP contribution in [0.2, 0.25) is 0 Å². The van der Waals surface area contributed by atoms with E-state index in [-0.39, 0.29) is 11.3 Å². The summed E-state index contributed by atoms with van der Waals surface area (Å²) in [7, 11) is 0. The standard InChI is InChI=1S/C13H12N2O4/c1-7-11(12(13(16)17)8(2)14-7)9-3-5-10(6-4-9)15(18)19/h3-6,14H,1-2H3,(H,16,17). The first-order valence-corrected chi connectivity index (χ1v) is 5.59. The number of carboxylic acids is 1. The smallest absolute Gasteiger partial charge is 0.338 e. The average Bonchev–Trinajstić information content (AvgIpc) is 2.64. The number of aromatic carboxylic acids is 1. The van der Waals surface area contributed by atoms with Crippen molar-refractivity contribution in [2.75, 3.05) is 0 Å². The van der Waals surface area contributed by atoms with Crippen molar-refractivity contribution in [1.29, 1.82) is 0 Å². The van der Waals surface area contributed by atoms with E-state index < -0.39 is 10.9 Å². The minimum atomic E-state index is -1.02. The second-order valence-corrected chi connectivity index (χ2v) is 4.23. The first-order valence-electron chi connectivity index (χ1n) is 5.59. The molecule has 2 rings (SSSR count). The molecule has 0 bridgehead atoms. The number of rotatable bonds is 3. The van der Waals surface area contributed by atoms with Gasteiger partial charge < -0.3 is 10.1 Å². The Hall–Kier alpha value is -2.63. The van der Waals surface area contributed by atoms with Crippen molar-refractivity contribution in [2.45, 2.75) is 13.8 Å². The van der Waals surface area contributed by atoms with Crippen LogP contribution in [0, 0.1) is 24.0 Å². The van der Waals surface area contributed by atoms with Crippen LogP contribution in [-0.2, 0) is 0 Å². The predicted octanol–water partition coefficient (Wildman–Crippen LogP) is 2.90. The molecule has 0 saturated carbocycles. The monoisotopic (exact) mass is 260 g/mol. The van der Waals surface area contributed by atoms with Gasteiger partial charge in [-0.1, -0.05) is 0 Å². The fourth-order valence-electron chi connectivity index (χ4n) is 2.16. The first-order chi connectivity index (χ1) is 8.91. The molecule has 1 aromatic heterocycles. The van der Waals surface area contributed by atoms with E-state index >= 15 is 0 Å². The van der Waals surface area contributed by atoms with Crippen molar-refractivity contribution in [3.63, 3.8) is 0 Å². The molecule has 0 spiro atoms. The van der Waals surface area contributed by atoms with Gasteiger partial charge in [-0.05, 0) is 31.5 Å². The summed E-state index contributed by atoms with van der Waals surface area (Å²) in [4.78, 5) is 24.4. The number of carboxylic acid groups (broad SMARTS) is 1. The SMILES string of the molecule is Cc1[nH]c(C)c(-c2ccc([N+](=O)[O-])cc2)c1C(=O)O. The number of nitro benzene ring substituents is 1. The molecular weight excluding hydrogens is 248 g/mol. The van der Waals surface area contributed by atoms with Crippen LogP contribution in [-0.4, -0.2) is 21.0 Å². The van der Waals surface area contributed by atoms with Crippen LogP contribution in [0.5, 0.6) is 0 Å². The third kappa shape index (κ3) is 2.20. The Labute approximate surface area is 108 Å². The Morgan fingerprint density at radius 2 is 1.79 bits per heavy atom. The second kappa shape index (κ2) is 4.56. The number of hydrogen-bond donors (Lipinski definition) is 2. The number of benzene rings is 1. The minimum Gasteiger partial charge on any atom is -0.478 e. The topological polar surface area (TPSA) is 96.2 Å². The van der Waals surface area contributed by atoms with Crippen molar-refractivity contribution in [3.8, 4) is 11.1 Å². The maximum absolute atomic E-state index is 11.3. The number of nitro groups is 1. The third-order valence-corrected chi connectivity index (χ3v) is 2.96. The van der Waals surface area contributed by atoms with Gasteiger partial charge in [0.1, 0.15) is 0 Å². The molecule has 2 N–H and O–H groups in total. The molecule has 1 aromatic carbocycles. The highest BCUT2D eigenvalue weighted by Crippen LogP contribution is 2.31. The van der Waals surface area contributed by atoms with Crippen molar-refractivity contribution >= 4 is 11.7 Å². The summed E-state index contributed by atoms with van der Waals surface area (Å²) in [6.07, 6.45) is 0. The lowest BCUT2D eigenvalue weighted by Crippen LogP contribution is -1.99. The van der Waals surface area contributed by atoms with Crippen molar-refractivity contribution in [3.05, 3.63) is 51.3 Å². The molecular formula is C13H12N2O4. The van der Waals surface area contributed by atoms with E-state index in [9.17, 15) is 20.0 Å². The molecule has 0 saturated heterocycles. The lowest BCUT2D eigenvalue weighted by Gasteiger charge is -2.03. The summed E-state index contributed by atoms with van der Waals surface area (Å²) < 4.78 is 0. The highest BCUT2D eigenvalue weighted by molar-refractivity contribution is 5.98. The Balaban J connectivity index is 2.58. The van der Waals surface area contributed by atoms with Crippen molar-refractivity contribution in [1.82, 2.24) is 4.98 Å². The van der Waals surface area contributed by atoms with Crippen molar-refractivity contribution in [2.24, 2.45) is 0 Å². The van der Waals surface area contributed by atoms with Gasteiger partial charge in [0.2, 0.25) is 0 Å². The van der Waals surface area contributed by atoms with Crippen LogP contribution >= 0.6 is 0 Å². The molecule has 2 aromatic rings. The zero-order valence-corrected chi connectivity index (χ0v) is 10.4. The molecule has 0 aliphatic heterocycles. The molecule has 0 unspecified atom stereocenters.